The van der Waals surface area contributed by atoms with Crippen LogP contribution in [0.5, 0.6) is 11.5 Å². The Labute approximate surface area is 158 Å². The van der Waals surface area contributed by atoms with Crippen molar-refractivity contribution in [2.45, 2.75) is 0 Å². The molecule has 0 aromatic heterocycles. The number of rotatable bonds is 7. The summed E-state index contributed by atoms with van der Waals surface area (Å²) in [4.78, 5) is 12.0. The van der Waals surface area contributed by atoms with Gasteiger partial charge in [-0.2, -0.15) is 0 Å². The highest BCUT2D eigenvalue weighted by Gasteiger charge is 2.03. The SMILES string of the molecule is C=CCOc1ccc(NC(=S)NC(=O)/C=C/c2ccccc2OC)cc1. The molecule has 0 aliphatic rings. The number of carbonyl (C=O) groups is 1. The fourth-order valence-corrected chi connectivity index (χ4v) is 2.29. The van der Waals surface area contributed by atoms with Crippen LogP contribution in [-0.2, 0) is 4.79 Å². The molecule has 0 spiro atoms. The van der Waals surface area contributed by atoms with Crippen LogP contribution in [0.4, 0.5) is 5.69 Å². The third kappa shape index (κ3) is 6.07. The Morgan fingerprint density at radius 2 is 1.92 bits per heavy atom. The number of para-hydroxylation sites is 1. The van der Waals surface area contributed by atoms with Crippen LogP contribution in [0.2, 0.25) is 0 Å². The lowest BCUT2D eigenvalue weighted by Gasteiger charge is -2.09. The molecular weight excluding hydrogens is 348 g/mol. The minimum Gasteiger partial charge on any atom is -0.496 e. The van der Waals surface area contributed by atoms with Gasteiger partial charge in [-0.05, 0) is 48.6 Å². The third-order valence-electron chi connectivity index (χ3n) is 3.27. The van der Waals surface area contributed by atoms with Crippen molar-refractivity contribution in [2.75, 3.05) is 19.0 Å². The van der Waals surface area contributed by atoms with Crippen LogP contribution in [0, 0.1) is 0 Å². The van der Waals surface area contributed by atoms with E-state index >= 15 is 0 Å². The Morgan fingerprint density at radius 3 is 2.62 bits per heavy atom. The fourth-order valence-electron chi connectivity index (χ4n) is 2.08. The summed E-state index contributed by atoms with van der Waals surface area (Å²) in [5.41, 5.74) is 1.55. The number of amides is 1. The molecule has 0 heterocycles. The van der Waals surface area contributed by atoms with Gasteiger partial charge in [0.2, 0.25) is 5.91 Å². The van der Waals surface area contributed by atoms with Crippen LogP contribution in [0.25, 0.3) is 6.08 Å². The molecule has 0 unspecified atom stereocenters. The average Bonchev–Trinajstić information content (AvgIpc) is 2.66. The van der Waals surface area contributed by atoms with E-state index in [1.54, 1.807) is 31.4 Å². The number of anilines is 1. The number of ether oxygens (including phenoxy) is 2. The molecule has 2 aromatic carbocycles. The van der Waals surface area contributed by atoms with Gasteiger partial charge in [0.25, 0.3) is 0 Å². The van der Waals surface area contributed by atoms with Gasteiger partial charge in [0, 0.05) is 17.3 Å². The van der Waals surface area contributed by atoms with Gasteiger partial charge >= 0.3 is 0 Å². The van der Waals surface area contributed by atoms with E-state index in [1.165, 1.54) is 6.08 Å². The molecule has 6 heteroatoms. The van der Waals surface area contributed by atoms with Gasteiger partial charge in [-0.25, -0.2) is 0 Å². The van der Waals surface area contributed by atoms with Gasteiger partial charge in [0.15, 0.2) is 5.11 Å². The predicted molar refractivity (Wildman–Crippen MR) is 109 cm³/mol. The van der Waals surface area contributed by atoms with E-state index in [9.17, 15) is 4.79 Å². The molecule has 0 radical (unpaired) electrons. The lowest BCUT2D eigenvalue weighted by atomic mass is 10.2. The number of methoxy groups -OCH3 is 1. The lowest BCUT2D eigenvalue weighted by Crippen LogP contribution is -2.32. The molecule has 0 bridgehead atoms. The summed E-state index contributed by atoms with van der Waals surface area (Å²) in [7, 11) is 1.58. The van der Waals surface area contributed by atoms with Crippen molar-refractivity contribution in [1.29, 1.82) is 0 Å². The number of thiocarbonyl (C=S) groups is 1. The van der Waals surface area contributed by atoms with E-state index in [0.717, 1.165) is 17.0 Å². The molecule has 5 nitrogen and oxygen atoms in total. The maximum atomic E-state index is 12.0. The van der Waals surface area contributed by atoms with Crippen molar-refractivity contribution < 1.29 is 14.3 Å². The van der Waals surface area contributed by atoms with E-state index in [-0.39, 0.29) is 11.0 Å². The van der Waals surface area contributed by atoms with Gasteiger partial charge < -0.3 is 14.8 Å². The third-order valence-corrected chi connectivity index (χ3v) is 3.47. The van der Waals surface area contributed by atoms with Crippen LogP contribution in [0.1, 0.15) is 5.56 Å². The largest absolute Gasteiger partial charge is 0.496 e. The van der Waals surface area contributed by atoms with Crippen LogP contribution in [0.3, 0.4) is 0 Å². The fraction of sp³-hybridized carbons (Fsp3) is 0.100. The molecule has 0 saturated heterocycles. The molecular formula is C20H20N2O3S. The number of hydrogen-bond donors (Lipinski definition) is 2. The van der Waals surface area contributed by atoms with Crippen LogP contribution >= 0.6 is 12.2 Å². The molecule has 1 amide bonds. The topological polar surface area (TPSA) is 59.6 Å². The van der Waals surface area contributed by atoms with Crippen molar-refractivity contribution in [3.8, 4) is 11.5 Å². The van der Waals surface area contributed by atoms with E-state index in [1.807, 2.05) is 36.4 Å². The van der Waals surface area contributed by atoms with Crippen molar-refractivity contribution in [3.63, 3.8) is 0 Å². The summed E-state index contributed by atoms with van der Waals surface area (Å²) in [5.74, 6) is 1.08. The lowest BCUT2D eigenvalue weighted by molar-refractivity contribution is -0.115. The Balaban J connectivity index is 1.87. The minimum atomic E-state index is -0.334. The maximum absolute atomic E-state index is 12.0. The first kappa shape index (κ1) is 19.2. The zero-order valence-corrected chi connectivity index (χ0v) is 15.2. The zero-order valence-electron chi connectivity index (χ0n) is 14.4. The van der Waals surface area contributed by atoms with Gasteiger partial charge in [-0.1, -0.05) is 30.9 Å². The van der Waals surface area contributed by atoms with Crippen molar-refractivity contribution in [3.05, 3.63) is 72.8 Å². The molecule has 0 atom stereocenters. The zero-order chi connectivity index (χ0) is 18.8. The normalized spacial score (nSPS) is 10.2. The minimum absolute atomic E-state index is 0.208. The average molecular weight is 368 g/mol. The van der Waals surface area contributed by atoms with E-state index in [4.69, 9.17) is 21.7 Å². The van der Waals surface area contributed by atoms with Crippen molar-refractivity contribution >= 4 is 35.0 Å². The van der Waals surface area contributed by atoms with Gasteiger partial charge in [-0.3, -0.25) is 10.1 Å². The van der Waals surface area contributed by atoms with Gasteiger partial charge in [0.05, 0.1) is 7.11 Å². The first-order valence-electron chi connectivity index (χ1n) is 7.89. The summed E-state index contributed by atoms with van der Waals surface area (Å²) in [6, 6.07) is 14.6. The number of hydrogen-bond acceptors (Lipinski definition) is 4. The van der Waals surface area contributed by atoms with E-state index in [0.29, 0.717) is 12.4 Å². The monoisotopic (exact) mass is 368 g/mol. The molecule has 0 fully saturated rings. The second kappa shape index (κ2) is 10.0. The summed E-state index contributed by atoms with van der Waals surface area (Å²) in [5, 5.41) is 5.74. The molecule has 134 valence electrons. The highest BCUT2D eigenvalue weighted by atomic mass is 32.1. The molecule has 26 heavy (non-hydrogen) atoms. The van der Waals surface area contributed by atoms with Gasteiger partial charge in [-0.15, -0.1) is 0 Å². The summed E-state index contributed by atoms with van der Waals surface area (Å²) in [6.45, 7) is 4.04. The summed E-state index contributed by atoms with van der Waals surface area (Å²) >= 11 is 5.15. The molecule has 0 aliphatic carbocycles. The summed E-state index contributed by atoms with van der Waals surface area (Å²) in [6.07, 6.45) is 4.75. The first-order chi connectivity index (χ1) is 12.6. The Morgan fingerprint density at radius 1 is 1.19 bits per heavy atom. The number of carbonyl (C=O) groups excluding carboxylic acids is 1. The van der Waals surface area contributed by atoms with Crippen molar-refractivity contribution in [2.24, 2.45) is 0 Å². The molecule has 2 aromatic rings. The van der Waals surface area contributed by atoms with E-state index in [2.05, 4.69) is 17.2 Å². The van der Waals surface area contributed by atoms with Crippen LogP contribution in [-0.4, -0.2) is 24.7 Å². The number of nitrogens with one attached hydrogen (secondary N) is 2. The summed E-state index contributed by atoms with van der Waals surface area (Å²) < 4.78 is 10.6. The number of benzene rings is 2. The van der Waals surface area contributed by atoms with Crippen LogP contribution < -0.4 is 20.1 Å². The second-order valence-corrected chi connectivity index (χ2v) is 5.55. The highest BCUT2D eigenvalue weighted by molar-refractivity contribution is 7.80. The van der Waals surface area contributed by atoms with Gasteiger partial charge in [0.1, 0.15) is 18.1 Å². The van der Waals surface area contributed by atoms with Crippen molar-refractivity contribution in [1.82, 2.24) is 5.32 Å². The Hall–Kier alpha value is -3.12. The first-order valence-corrected chi connectivity index (χ1v) is 8.30. The molecule has 0 aliphatic heterocycles. The smallest absolute Gasteiger partial charge is 0.250 e. The van der Waals surface area contributed by atoms with E-state index < -0.39 is 0 Å². The predicted octanol–water partition coefficient (Wildman–Crippen LogP) is 3.79. The Kier molecular flexibility index (Phi) is 7.39. The molecule has 2 N–H and O–H groups in total. The quantitative estimate of drug-likeness (QED) is 0.442. The highest BCUT2D eigenvalue weighted by Crippen LogP contribution is 2.18. The Bertz CT molecular complexity index is 801. The molecule has 2 rings (SSSR count). The maximum Gasteiger partial charge on any atom is 0.250 e. The van der Waals surface area contributed by atoms with Crippen LogP contribution in [0.15, 0.2) is 67.3 Å². The second-order valence-electron chi connectivity index (χ2n) is 5.14. The standard InChI is InChI=1S/C20H20N2O3S/c1-3-14-25-17-11-9-16(10-12-17)21-20(26)22-19(23)13-8-15-6-4-5-7-18(15)24-2/h3-13H,1,14H2,2H3,(H2,21,22,23,26)/b13-8+. The molecule has 0 saturated carbocycles.